The van der Waals surface area contributed by atoms with Gasteiger partial charge in [0.2, 0.25) is 5.91 Å². The van der Waals surface area contributed by atoms with E-state index in [2.05, 4.69) is 36.5 Å². The molecule has 3 nitrogen and oxygen atoms in total. The number of benzene rings is 1. The number of halogens is 1. The first-order valence-electron chi connectivity index (χ1n) is 6.72. The molecule has 0 bridgehead atoms. The minimum Gasteiger partial charge on any atom is -0.356 e. The number of nitrogens with one attached hydrogen (secondary N) is 1. The highest BCUT2D eigenvalue weighted by Gasteiger charge is 2.02. The number of nitrogens with two attached hydrogens (primary N) is 1. The zero-order chi connectivity index (χ0) is 13.4. The maximum absolute atomic E-state index is 11.5. The molecule has 0 aromatic heterocycles. The van der Waals surface area contributed by atoms with Crippen molar-refractivity contribution < 1.29 is 4.79 Å². The summed E-state index contributed by atoms with van der Waals surface area (Å²) in [6.45, 7) is 4.76. The van der Waals surface area contributed by atoms with Crippen LogP contribution in [0.4, 0.5) is 0 Å². The van der Waals surface area contributed by atoms with Crippen LogP contribution in [0.2, 0.25) is 0 Å². The van der Waals surface area contributed by atoms with Gasteiger partial charge in [-0.2, -0.15) is 0 Å². The van der Waals surface area contributed by atoms with Crippen molar-refractivity contribution in [3.05, 3.63) is 35.4 Å². The molecule has 1 aromatic rings. The highest BCUT2D eigenvalue weighted by Crippen LogP contribution is 2.05. The average Bonchev–Trinajstić information content (AvgIpc) is 2.37. The predicted molar refractivity (Wildman–Crippen MR) is 82.7 cm³/mol. The lowest BCUT2D eigenvalue weighted by atomic mass is 10.1. The van der Waals surface area contributed by atoms with E-state index in [0.29, 0.717) is 13.0 Å². The second-order valence-corrected chi connectivity index (χ2v) is 4.79. The van der Waals surface area contributed by atoms with Crippen LogP contribution in [-0.4, -0.2) is 18.5 Å². The van der Waals surface area contributed by atoms with Gasteiger partial charge in [0.1, 0.15) is 0 Å². The lowest BCUT2D eigenvalue weighted by molar-refractivity contribution is -0.121. The average molecular weight is 285 g/mol. The van der Waals surface area contributed by atoms with Crippen LogP contribution >= 0.6 is 12.4 Å². The third-order valence-electron chi connectivity index (χ3n) is 2.99. The van der Waals surface area contributed by atoms with Crippen LogP contribution < -0.4 is 11.1 Å². The Labute approximate surface area is 122 Å². The molecular weight excluding hydrogens is 260 g/mol. The van der Waals surface area contributed by atoms with E-state index >= 15 is 0 Å². The van der Waals surface area contributed by atoms with Gasteiger partial charge in [0.15, 0.2) is 0 Å². The molecule has 4 heteroatoms. The second-order valence-electron chi connectivity index (χ2n) is 4.79. The van der Waals surface area contributed by atoms with E-state index in [9.17, 15) is 4.79 Å². The van der Waals surface area contributed by atoms with E-state index in [1.165, 1.54) is 11.1 Å². The Bertz CT molecular complexity index is 363. The van der Waals surface area contributed by atoms with Gasteiger partial charge >= 0.3 is 0 Å². The van der Waals surface area contributed by atoms with E-state index in [1.807, 2.05) is 6.92 Å². The maximum atomic E-state index is 11.5. The Balaban J connectivity index is 0.00000324. The molecule has 0 saturated carbocycles. The lowest BCUT2D eigenvalue weighted by Gasteiger charge is -2.07. The number of aryl methyl sites for hydroxylation is 1. The van der Waals surface area contributed by atoms with E-state index in [0.717, 1.165) is 19.3 Å². The van der Waals surface area contributed by atoms with Crippen molar-refractivity contribution in [1.82, 2.24) is 5.32 Å². The fraction of sp³-hybridized carbons (Fsp3) is 0.533. The summed E-state index contributed by atoms with van der Waals surface area (Å²) in [4.78, 5) is 11.5. The molecule has 0 aliphatic rings. The normalized spacial score (nSPS) is 11.5. The standard InChI is InChI=1S/C15H24N2O.ClH/c1-3-13-5-7-14(8-6-13)10-11-17-15(18)9-4-12(2)16;/h5-8,12H,3-4,9-11,16H2,1-2H3,(H,17,18);1H. The van der Waals surface area contributed by atoms with Crippen molar-refractivity contribution >= 4 is 18.3 Å². The Morgan fingerprint density at radius 1 is 1.26 bits per heavy atom. The first-order chi connectivity index (χ1) is 8.61. The van der Waals surface area contributed by atoms with Crippen molar-refractivity contribution in [2.24, 2.45) is 5.73 Å². The number of carbonyl (C=O) groups excluding carboxylic acids is 1. The zero-order valence-corrected chi connectivity index (χ0v) is 12.6. The summed E-state index contributed by atoms with van der Waals surface area (Å²) in [5.74, 6) is 0.0949. The van der Waals surface area contributed by atoms with E-state index < -0.39 is 0 Å². The highest BCUT2D eigenvalue weighted by molar-refractivity contribution is 5.85. The van der Waals surface area contributed by atoms with Gasteiger partial charge in [0.05, 0.1) is 0 Å². The summed E-state index contributed by atoms with van der Waals surface area (Å²) >= 11 is 0. The fourth-order valence-corrected chi connectivity index (χ4v) is 1.74. The van der Waals surface area contributed by atoms with Crippen molar-refractivity contribution in [2.45, 2.75) is 45.6 Å². The number of amides is 1. The van der Waals surface area contributed by atoms with Gasteiger partial charge in [0, 0.05) is 19.0 Å². The molecular formula is C15H25ClN2O. The summed E-state index contributed by atoms with van der Waals surface area (Å²) in [7, 11) is 0. The Morgan fingerprint density at radius 3 is 2.37 bits per heavy atom. The second kappa shape index (κ2) is 9.82. The molecule has 0 radical (unpaired) electrons. The first kappa shape index (κ1) is 17.9. The summed E-state index contributed by atoms with van der Waals surface area (Å²) in [5, 5.41) is 2.92. The molecule has 0 saturated heterocycles. The number of carbonyl (C=O) groups is 1. The first-order valence-corrected chi connectivity index (χ1v) is 6.72. The van der Waals surface area contributed by atoms with Gasteiger partial charge in [-0.25, -0.2) is 0 Å². The molecule has 1 atom stereocenters. The molecule has 1 unspecified atom stereocenters. The third-order valence-corrected chi connectivity index (χ3v) is 2.99. The van der Waals surface area contributed by atoms with Crippen molar-refractivity contribution in [2.75, 3.05) is 6.54 Å². The molecule has 1 rings (SSSR count). The summed E-state index contributed by atoms with van der Waals surface area (Å²) < 4.78 is 0. The van der Waals surface area contributed by atoms with Crippen molar-refractivity contribution in [1.29, 1.82) is 0 Å². The monoisotopic (exact) mass is 284 g/mol. The van der Waals surface area contributed by atoms with E-state index in [1.54, 1.807) is 0 Å². The molecule has 0 aliphatic heterocycles. The molecule has 0 spiro atoms. The van der Waals surface area contributed by atoms with E-state index in [4.69, 9.17) is 5.73 Å². The SMILES string of the molecule is CCc1ccc(CCNC(=O)CCC(C)N)cc1.Cl. The molecule has 0 heterocycles. The van der Waals surface area contributed by atoms with Crippen LogP contribution in [0.15, 0.2) is 24.3 Å². The minimum atomic E-state index is 0. The van der Waals surface area contributed by atoms with Crippen LogP contribution in [0.3, 0.4) is 0 Å². The van der Waals surface area contributed by atoms with Crippen LogP contribution in [-0.2, 0) is 17.6 Å². The van der Waals surface area contributed by atoms with Gasteiger partial charge in [-0.15, -0.1) is 12.4 Å². The number of rotatable bonds is 7. The summed E-state index contributed by atoms with van der Waals surface area (Å²) in [5.41, 5.74) is 8.22. The molecule has 3 N–H and O–H groups in total. The summed E-state index contributed by atoms with van der Waals surface area (Å²) in [6.07, 6.45) is 3.21. The highest BCUT2D eigenvalue weighted by atomic mass is 35.5. The quantitative estimate of drug-likeness (QED) is 0.808. The van der Waals surface area contributed by atoms with Gasteiger partial charge in [-0.3, -0.25) is 4.79 Å². The van der Waals surface area contributed by atoms with Crippen molar-refractivity contribution in [3.63, 3.8) is 0 Å². The van der Waals surface area contributed by atoms with Crippen LogP contribution in [0.5, 0.6) is 0 Å². The third kappa shape index (κ3) is 7.85. The van der Waals surface area contributed by atoms with Crippen molar-refractivity contribution in [3.8, 4) is 0 Å². The van der Waals surface area contributed by atoms with Crippen LogP contribution in [0.25, 0.3) is 0 Å². The number of hydrogen-bond acceptors (Lipinski definition) is 2. The van der Waals surface area contributed by atoms with Gasteiger partial charge in [-0.05, 0) is 37.3 Å². The fourth-order valence-electron chi connectivity index (χ4n) is 1.74. The van der Waals surface area contributed by atoms with E-state index in [-0.39, 0.29) is 24.4 Å². The van der Waals surface area contributed by atoms with Gasteiger partial charge in [-0.1, -0.05) is 31.2 Å². The smallest absolute Gasteiger partial charge is 0.220 e. The maximum Gasteiger partial charge on any atom is 0.220 e. The largest absolute Gasteiger partial charge is 0.356 e. The lowest BCUT2D eigenvalue weighted by Crippen LogP contribution is -2.27. The minimum absolute atomic E-state index is 0. The molecule has 19 heavy (non-hydrogen) atoms. The Kier molecular flexibility index (Phi) is 9.27. The van der Waals surface area contributed by atoms with Crippen LogP contribution in [0.1, 0.15) is 37.8 Å². The molecule has 0 aliphatic carbocycles. The van der Waals surface area contributed by atoms with Gasteiger partial charge in [0.25, 0.3) is 0 Å². The predicted octanol–water partition coefficient (Wildman–Crippen LogP) is 2.46. The molecule has 0 fully saturated rings. The Morgan fingerprint density at radius 2 is 1.84 bits per heavy atom. The zero-order valence-electron chi connectivity index (χ0n) is 11.8. The van der Waals surface area contributed by atoms with Crippen LogP contribution in [0, 0.1) is 0 Å². The molecule has 1 amide bonds. The summed E-state index contributed by atoms with van der Waals surface area (Å²) in [6, 6.07) is 8.65. The molecule has 108 valence electrons. The topological polar surface area (TPSA) is 55.1 Å². The van der Waals surface area contributed by atoms with Gasteiger partial charge < -0.3 is 11.1 Å². The Hall–Kier alpha value is -1.06. The number of hydrogen-bond donors (Lipinski definition) is 2. The molecule has 1 aromatic carbocycles.